The highest BCUT2D eigenvalue weighted by molar-refractivity contribution is 5.95. The Morgan fingerprint density at radius 1 is 1.07 bits per heavy atom. The van der Waals surface area contributed by atoms with Crippen molar-refractivity contribution in [2.75, 3.05) is 50.7 Å². The summed E-state index contributed by atoms with van der Waals surface area (Å²) >= 11 is 0. The lowest BCUT2D eigenvalue weighted by Crippen LogP contribution is -2.49. The molecule has 6 heteroatoms. The maximum Gasteiger partial charge on any atom is 0.254 e. The molecule has 1 unspecified atom stereocenters. The van der Waals surface area contributed by atoms with Crippen LogP contribution in [-0.2, 0) is 0 Å². The molecule has 0 radical (unpaired) electrons. The zero-order valence-electron chi connectivity index (χ0n) is 17.4. The van der Waals surface area contributed by atoms with Crippen LogP contribution in [0.3, 0.4) is 0 Å². The van der Waals surface area contributed by atoms with Crippen LogP contribution in [-0.4, -0.2) is 72.5 Å². The molecular formula is C23H31N5O. The number of pyridine rings is 1. The topological polar surface area (TPSA) is 51.7 Å². The molecule has 2 aliphatic rings. The Hall–Kier alpha value is -2.44. The van der Waals surface area contributed by atoms with E-state index in [0.29, 0.717) is 12.6 Å². The molecule has 0 saturated carbocycles. The zero-order chi connectivity index (χ0) is 20.2. The molecule has 1 aromatic heterocycles. The van der Waals surface area contributed by atoms with E-state index in [1.165, 1.54) is 5.69 Å². The van der Waals surface area contributed by atoms with Gasteiger partial charge in [-0.05, 0) is 49.7 Å². The second-order valence-corrected chi connectivity index (χ2v) is 8.17. The Kier molecular flexibility index (Phi) is 6.11. The third-order valence-corrected chi connectivity index (χ3v) is 6.10. The van der Waals surface area contributed by atoms with E-state index >= 15 is 0 Å². The Balaban J connectivity index is 1.45. The van der Waals surface area contributed by atoms with Crippen LogP contribution < -0.4 is 10.2 Å². The number of benzene rings is 1. The average Bonchev–Trinajstić information content (AvgIpc) is 2.79. The highest BCUT2D eigenvalue weighted by atomic mass is 16.2. The highest BCUT2D eigenvalue weighted by Gasteiger charge is 2.29. The molecule has 2 aliphatic heterocycles. The van der Waals surface area contributed by atoms with Crippen LogP contribution in [0.15, 0.2) is 48.8 Å². The summed E-state index contributed by atoms with van der Waals surface area (Å²) in [5, 5.41) is 3.40. The molecular weight excluding hydrogens is 362 g/mol. The van der Waals surface area contributed by atoms with Gasteiger partial charge < -0.3 is 15.1 Å². The van der Waals surface area contributed by atoms with Crippen LogP contribution in [0.2, 0.25) is 0 Å². The Morgan fingerprint density at radius 3 is 2.48 bits per heavy atom. The smallest absolute Gasteiger partial charge is 0.254 e. The number of rotatable bonds is 4. The normalized spacial score (nSPS) is 20.9. The minimum atomic E-state index is 0.0220. The van der Waals surface area contributed by atoms with Crippen molar-refractivity contribution in [3.63, 3.8) is 0 Å². The minimum absolute atomic E-state index is 0.0220. The third-order valence-electron chi connectivity index (χ3n) is 6.10. The van der Waals surface area contributed by atoms with Gasteiger partial charge >= 0.3 is 0 Å². The first kappa shape index (κ1) is 19.9. The molecule has 2 aromatic rings. The standard InChI is InChI=1S/C23H31N5O/c1-18(2)26-12-14-27(15-13-26)21-7-5-19(6-8-21)23(29)28-11-10-25-17-22(28)20-4-3-9-24-16-20/h3-9,16,18,22,25H,10-15,17H2,1-2H3. The zero-order valence-corrected chi connectivity index (χ0v) is 17.4. The van der Waals surface area contributed by atoms with Gasteiger partial charge in [-0.1, -0.05) is 6.07 Å². The monoisotopic (exact) mass is 393 g/mol. The summed E-state index contributed by atoms with van der Waals surface area (Å²) in [6.07, 6.45) is 3.63. The summed E-state index contributed by atoms with van der Waals surface area (Å²) in [5.74, 6) is 0.0940. The molecule has 2 saturated heterocycles. The van der Waals surface area contributed by atoms with Crippen LogP contribution >= 0.6 is 0 Å². The van der Waals surface area contributed by atoms with Gasteiger partial charge in [0.15, 0.2) is 0 Å². The second kappa shape index (κ2) is 8.93. The largest absolute Gasteiger partial charge is 0.369 e. The third kappa shape index (κ3) is 4.43. The van der Waals surface area contributed by atoms with Crippen LogP contribution in [0.25, 0.3) is 0 Å². The predicted octanol–water partition coefficient (Wildman–Crippen LogP) is 2.40. The Morgan fingerprint density at radius 2 is 1.83 bits per heavy atom. The van der Waals surface area contributed by atoms with Crippen molar-refractivity contribution < 1.29 is 4.79 Å². The van der Waals surface area contributed by atoms with Crippen molar-refractivity contribution in [3.05, 3.63) is 59.9 Å². The highest BCUT2D eigenvalue weighted by Crippen LogP contribution is 2.25. The molecule has 3 heterocycles. The van der Waals surface area contributed by atoms with Crippen molar-refractivity contribution in [1.29, 1.82) is 0 Å². The predicted molar refractivity (Wildman–Crippen MR) is 116 cm³/mol. The Bertz CT molecular complexity index is 800. The maximum atomic E-state index is 13.2. The van der Waals surface area contributed by atoms with Crippen molar-refractivity contribution in [2.24, 2.45) is 0 Å². The summed E-state index contributed by atoms with van der Waals surface area (Å²) in [5.41, 5.74) is 3.03. The minimum Gasteiger partial charge on any atom is -0.369 e. The summed E-state index contributed by atoms with van der Waals surface area (Å²) in [4.78, 5) is 24.4. The van der Waals surface area contributed by atoms with Crippen LogP contribution in [0.1, 0.15) is 35.8 Å². The van der Waals surface area contributed by atoms with E-state index < -0.39 is 0 Å². The summed E-state index contributed by atoms with van der Waals surface area (Å²) in [7, 11) is 0. The quantitative estimate of drug-likeness (QED) is 0.865. The summed E-state index contributed by atoms with van der Waals surface area (Å²) < 4.78 is 0. The van der Waals surface area contributed by atoms with E-state index in [2.05, 4.69) is 46.1 Å². The molecule has 6 nitrogen and oxygen atoms in total. The number of hydrogen-bond donors (Lipinski definition) is 1. The fourth-order valence-corrected chi connectivity index (χ4v) is 4.30. The molecule has 2 fully saturated rings. The number of piperazine rings is 2. The first-order chi connectivity index (χ1) is 14.1. The van der Waals surface area contributed by atoms with E-state index in [1.807, 2.05) is 35.4 Å². The molecule has 1 atom stereocenters. The fourth-order valence-electron chi connectivity index (χ4n) is 4.30. The second-order valence-electron chi connectivity index (χ2n) is 8.17. The first-order valence-corrected chi connectivity index (χ1v) is 10.6. The van der Waals surface area contributed by atoms with E-state index in [0.717, 1.165) is 50.4 Å². The van der Waals surface area contributed by atoms with Crippen LogP contribution in [0.5, 0.6) is 0 Å². The lowest BCUT2D eigenvalue weighted by Gasteiger charge is -2.38. The van der Waals surface area contributed by atoms with Gasteiger partial charge in [-0.3, -0.25) is 14.7 Å². The van der Waals surface area contributed by atoms with E-state index in [4.69, 9.17) is 0 Å². The summed E-state index contributed by atoms with van der Waals surface area (Å²) in [6.45, 7) is 11.0. The number of amides is 1. The van der Waals surface area contributed by atoms with Gasteiger partial charge in [0, 0.05) is 75.5 Å². The average molecular weight is 394 g/mol. The maximum absolute atomic E-state index is 13.2. The van der Waals surface area contributed by atoms with E-state index in [1.54, 1.807) is 6.20 Å². The van der Waals surface area contributed by atoms with Gasteiger partial charge in [0.1, 0.15) is 0 Å². The van der Waals surface area contributed by atoms with Gasteiger partial charge in [-0.25, -0.2) is 0 Å². The number of anilines is 1. The number of hydrogen-bond acceptors (Lipinski definition) is 5. The van der Waals surface area contributed by atoms with E-state index in [9.17, 15) is 4.79 Å². The van der Waals surface area contributed by atoms with Gasteiger partial charge in [-0.2, -0.15) is 0 Å². The van der Waals surface area contributed by atoms with Crippen molar-refractivity contribution in [2.45, 2.75) is 25.9 Å². The van der Waals surface area contributed by atoms with Gasteiger partial charge in [0.05, 0.1) is 6.04 Å². The number of carbonyl (C=O) groups excluding carboxylic acids is 1. The molecule has 0 spiro atoms. The van der Waals surface area contributed by atoms with E-state index in [-0.39, 0.29) is 11.9 Å². The SMILES string of the molecule is CC(C)N1CCN(c2ccc(C(=O)N3CCNCC3c3cccnc3)cc2)CC1. The molecule has 1 aromatic carbocycles. The van der Waals surface area contributed by atoms with Gasteiger partial charge in [-0.15, -0.1) is 0 Å². The molecule has 1 N–H and O–H groups in total. The molecule has 1 amide bonds. The first-order valence-electron chi connectivity index (χ1n) is 10.6. The Labute approximate surface area is 173 Å². The molecule has 4 rings (SSSR count). The molecule has 29 heavy (non-hydrogen) atoms. The van der Waals surface area contributed by atoms with Gasteiger partial charge in [0.25, 0.3) is 5.91 Å². The van der Waals surface area contributed by atoms with Gasteiger partial charge in [0.2, 0.25) is 0 Å². The van der Waals surface area contributed by atoms with Crippen molar-refractivity contribution in [3.8, 4) is 0 Å². The molecule has 0 aliphatic carbocycles. The molecule has 154 valence electrons. The number of carbonyl (C=O) groups is 1. The van der Waals surface area contributed by atoms with Crippen molar-refractivity contribution in [1.82, 2.24) is 20.1 Å². The summed E-state index contributed by atoms with van der Waals surface area (Å²) in [6, 6.07) is 12.8. The van der Waals surface area contributed by atoms with Crippen LogP contribution in [0.4, 0.5) is 5.69 Å². The number of nitrogens with zero attached hydrogens (tertiary/aromatic N) is 4. The molecule has 0 bridgehead atoms. The lowest BCUT2D eigenvalue weighted by molar-refractivity contribution is 0.0634. The van der Waals surface area contributed by atoms with Crippen LogP contribution in [0, 0.1) is 0 Å². The number of aromatic nitrogens is 1. The lowest BCUT2D eigenvalue weighted by atomic mass is 10.0. The number of nitrogens with one attached hydrogen (secondary N) is 1. The fraction of sp³-hybridized carbons (Fsp3) is 0.478. The van der Waals surface area contributed by atoms with Crippen molar-refractivity contribution >= 4 is 11.6 Å².